The molecule has 6 nitrogen and oxygen atoms in total. The number of carbonyl (C=O) groups excluding carboxylic acids is 3. The second-order valence-corrected chi connectivity index (χ2v) is 5.89. The fourth-order valence-corrected chi connectivity index (χ4v) is 1.90. The summed E-state index contributed by atoms with van der Waals surface area (Å²) < 4.78 is 5.00. The highest BCUT2D eigenvalue weighted by Crippen LogP contribution is 2.07. The van der Waals surface area contributed by atoms with Gasteiger partial charge in [0.25, 0.3) is 11.8 Å². The van der Waals surface area contributed by atoms with E-state index >= 15 is 0 Å². The van der Waals surface area contributed by atoms with E-state index in [2.05, 4.69) is 10.6 Å². The number of carbonyl (C=O) groups is 3. The number of benzene rings is 1. The summed E-state index contributed by atoms with van der Waals surface area (Å²) in [5, 5.41) is 5.28. The van der Waals surface area contributed by atoms with E-state index in [4.69, 9.17) is 4.74 Å². The molecule has 1 rings (SSSR count). The fourth-order valence-electron chi connectivity index (χ4n) is 1.90. The molecule has 126 valence electrons. The summed E-state index contributed by atoms with van der Waals surface area (Å²) in [6.07, 6.45) is 0. The summed E-state index contributed by atoms with van der Waals surface area (Å²) in [5.41, 5.74) is 0.462. The number of hydrogen-bond donors (Lipinski definition) is 2. The standard InChI is InChI=1S/C17H24N2O4/c1-11(2)15(17(22)23-10-14(20)18-12(3)4)19-16(21)13-8-6-5-7-9-13/h5-9,11-12,15H,10H2,1-4H3,(H,18,20)(H,19,21)/t15-/m0/s1. The second kappa shape index (κ2) is 8.92. The van der Waals surface area contributed by atoms with Crippen molar-refractivity contribution < 1.29 is 19.1 Å². The maximum absolute atomic E-state index is 12.1. The lowest BCUT2D eigenvalue weighted by Gasteiger charge is -2.21. The van der Waals surface area contributed by atoms with Crippen LogP contribution >= 0.6 is 0 Å². The Labute approximate surface area is 136 Å². The van der Waals surface area contributed by atoms with Gasteiger partial charge in [-0.1, -0.05) is 32.0 Å². The molecule has 0 aliphatic carbocycles. The van der Waals surface area contributed by atoms with Gasteiger partial charge in [-0.15, -0.1) is 0 Å². The van der Waals surface area contributed by atoms with Crippen LogP contribution in [0.15, 0.2) is 30.3 Å². The summed E-state index contributed by atoms with van der Waals surface area (Å²) >= 11 is 0. The van der Waals surface area contributed by atoms with Crippen LogP contribution in [0.5, 0.6) is 0 Å². The summed E-state index contributed by atoms with van der Waals surface area (Å²) in [7, 11) is 0. The first-order valence-electron chi connectivity index (χ1n) is 7.63. The van der Waals surface area contributed by atoms with Gasteiger partial charge in [-0.2, -0.15) is 0 Å². The molecule has 0 aliphatic heterocycles. The van der Waals surface area contributed by atoms with E-state index in [1.54, 1.807) is 44.2 Å². The minimum absolute atomic E-state index is 0.0279. The Kier molecular flexibility index (Phi) is 7.25. The smallest absolute Gasteiger partial charge is 0.329 e. The third-order valence-corrected chi connectivity index (χ3v) is 3.04. The molecule has 0 unspecified atom stereocenters. The molecule has 0 bridgehead atoms. The number of ether oxygens (including phenoxy) is 1. The van der Waals surface area contributed by atoms with Crippen molar-refractivity contribution in [2.24, 2.45) is 5.92 Å². The Morgan fingerprint density at radius 1 is 1.00 bits per heavy atom. The van der Waals surface area contributed by atoms with Crippen molar-refractivity contribution in [1.29, 1.82) is 0 Å². The summed E-state index contributed by atoms with van der Waals surface area (Å²) in [6, 6.07) is 7.77. The van der Waals surface area contributed by atoms with Gasteiger partial charge in [-0.25, -0.2) is 4.79 Å². The van der Waals surface area contributed by atoms with Crippen LogP contribution in [0, 0.1) is 5.92 Å². The van der Waals surface area contributed by atoms with E-state index in [1.807, 2.05) is 13.8 Å². The highest BCUT2D eigenvalue weighted by Gasteiger charge is 2.26. The molecule has 2 N–H and O–H groups in total. The SMILES string of the molecule is CC(C)NC(=O)COC(=O)[C@@H](NC(=O)c1ccccc1)C(C)C. The minimum Gasteiger partial charge on any atom is -0.454 e. The monoisotopic (exact) mass is 320 g/mol. The Morgan fingerprint density at radius 2 is 1.61 bits per heavy atom. The van der Waals surface area contributed by atoms with Gasteiger partial charge in [0.15, 0.2) is 6.61 Å². The molecule has 1 aromatic carbocycles. The van der Waals surface area contributed by atoms with E-state index < -0.39 is 12.0 Å². The Bertz CT molecular complexity index is 541. The first kappa shape index (κ1) is 18.7. The number of esters is 1. The van der Waals surface area contributed by atoms with Crippen molar-refractivity contribution in [2.75, 3.05) is 6.61 Å². The summed E-state index contributed by atoms with van der Waals surface area (Å²) in [6.45, 7) is 6.87. The second-order valence-electron chi connectivity index (χ2n) is 5.89. The van der Waals surface area contributed by atoms with Crippen LogP contribution in [0.4, 0.5) is 0 Å². The predicted octanol–water partition coefficient (Wildman–Crippen LogP) is 1.51. The normalized spacial score (nSPS) is 11.9. The molecule has 2 amide bonds. The average molecular weight is 320 g/mol. The van der Waals surface area contributed by atoms with E-state index in [0.717, 1.165) is 0 Å². The van der Waals surface area contributed by atoms with Crippen molar-refractivity contribution in [3.63, 3.8) is 0 Å². The molecule has 23 heavy (non-hydrogen) atoms. The van der Waals surface area contributed by atoms with Crippen LogP contribution in [0.3, 0.4) is 0 Å². The molecular formula is C17H24N2O4. The molecule has 1 aromatic rings. The molecule has 0 saturated carbocycles. The lowest BCUT2D eigenvalue weighted by Crippen LogP contribution is -2.46. The first-order chi connectivity index (χ1) is 10.8. The maximum atomic E-state index is 12.1. The zero-order valence-electron chi connectivity index (χ0n) is 14.0. The zero-order chi connectivity index (χ0) is 17.4. The summed E-state index contributed by atoms with van der Waals surface area (Å²) in [5.74, 6) is -1.51. The predicted molar refractivity (Wildman–Crippen MR) is 86.8 cm³/mol. The molecule has 0 spiro atoms. The number of rotatable bonds is 7. The van der Waals surface area contributed by atoms with Gasteiger partial charge in [-0.05, 0) is 31.9 Å². The third kappa shape index (κ3) is 6.50. The first-order valence-corrected chi connectivity index (χ1v) is 7.63. The van der Waals surface area contributed by atoms with Crippen LogP contribution in [0.25, 0.3) is 0 Å². The van der Waals surface area contributed by atoms with Crippen molar-refractivity contribution in [2.45, 2.75) is 39.8 Å². The van der Waals surface area contributed by atoms with Gasteiger partial charge in [0, 0.05) is 11.6 Å². The van der Waals surface area contributed by atoms with Crippen LogP contribution in [-0.4, -0.2) is 36.5 Å². The summed E-state index contributed by atoms with van der Waals surface area (Å²) in [4.78, 5) is 35.8. The van der Waals surface area contributed by atoms with Crippen LogP contribution in [-0.2, 0) is 14.3 Å². The molecule has 0 radical (unpaired) electrons. The van der Waals surface area contributed by atoms with Gasteiger partial charge < -0.3 is 15.4 Å². The molecule has 0 aliphatic rings. The molecule has 0 saturated heterocycles. The highest BCUT2D eigenvalue weighted by atomic mass is 16.5. The Balaban J connectivity index is 2.62. The topological polar surface area (TPSA) is 84.5 Å². The maximum Gasteiger partial charge on any atom is 0.329 e. The van der Waals surface area contributed by atoms with Crippen molar-refractivity contribution in [3.05, 3.63) is 35.9 Å². The van der Waals surface area contributed by atoms with Crippen molar-refractivity contribution in [3.8, 4) is 0 Å². The van der Waals surface area contributed by atoms with Gasteiger partial charge in [0.05, 0.1) is 0 Å². The van der Waals surface area contributed by atoms with E-state index in [9.17, 15) is 14.4 Å². The van der Waals surface area contributed by atoms with Crippen LogP contribution in [0.2, 0.25) is 0 Å². The van der Waals surface area contributed by atoms with Crippen LogP contribution in [0.1, 0.15) is 38.1 Å². The van der Waals surface area contributed by atoms with Gasteiger partial charge >= 0.3 is 5.97 Å². The quantitative estimate of drug-likeness (QED) is 0.746. The van der Waals surface area contributed by atoms with Gasteiger partial charge in [0.2, 0.25) is 0 Å². The minimum atomic E-state index is -0.811. The largest absolute Gasteiger partial charge is 0.454 e. The molecule has 0 heterocycles. The average Bonchev–Trinajstić information content (AvgIpc) is 2.50. The Morgan fingerprint density at radius 3 is 2.13 bits per heavy atom. The fraction of sp³-hybridized carbons (Fsp3) is 0.471. The van der Waals surface area contributed by atoms with E-state index in [-0.39, 0.29) is 30.4 Å². The lowest BCUT2D eigenvalue weighted by molar-refractivity contribution is -0.151. The lowest BCUT2D eigenvalue weighted by atomic mass is 10.0. The molecule has 0 aromatic heterocycles. The zero-order valence-corrected chi connectivity index (χ0v) is 14.0. The highest BCUT2D eigenvalue weighted by molar-refractivity contribution is 5.97. The Hall–Kier alpha value is -2.37. The van der Waals surface area contributed by atoms with Crippen LogP contribution < -0.4 is 10.6 Å². The molecule has 0 fully saturated rings. The third-order valence-electron chi connectivity index (χ3n) is 3.04. The molecular weight excluding hydrogens is 296 g/mol. The van der Waals surface area contributed by atoms with Crippen molar-refractivity contribution >= 4 is 17.8 Å². The number of nitrogens with one attached hydrogen (secondary N) is 2. The van der Waals surface area contributed by atoms with Gasteiger partial charge in [0.1, 0.15) is 6.04 Å². The van der Waals surface area contributed by atoms with E-state index in [0.29, 0.717) is 5.56 Å². The van der Waals surface area contributed by atoms with E-state index in [1.165, 1.54) is 0 Å². The van der Waals surface area contributed by atoms with Crippen molar-refractivity contribution in [1.82, 2.24) is 10.6 Å². The van der Waals surface area contributed by atoms with Gasteiger partial charge in [-0.3, -0.25) is 9.59 Å². The molecule has 1 atom stereocenters. The number of hydrogen-bond acceptors (Lipinski definition) is 4. The molecule has 6 heteroatoms. The number of amides is 2.